The average molecular weight is 432 g/mol. The predicted octanol–water partition coefficient (Wildman–Crippen LogP) is 3.09. The molecule has 164 valence electrons. The molecule has 2 heterocycles. The zero-order valence-corrected chi connectivity index (χ0v) is 18.4. The van der Waals surface area contributed by atoms with Gasteiger partial charge in [0, 0.05) is 29.9 Å². The molecule has 2 aliphatic heterocycles. The normalized spacial score (nSPS) is 18.6. The zero-order chi connectivity index (χ0) is 23.2. The molecule has 0 radical (unpaired) electrons. The van der Waals surface area contributed by atoms with Gasteiger partial charge < -0.3 is 9.64 Å². The molecule has 0 bridgehead atoms. The molecule has 4 rings (SSSR count). The third-order valence-corrected chi connectivity index (χ3v) is 6.15. The Morgan fingerprint density at radius 2 is 1.56 bits per heavy atom. The highest BCUT2D eigenvalue weighted by Crippen LogP contribution is 2.46. The van der Waals surface area contributed by atoms with E-state index in [4.69, 9.17) is 4.74 Å². The van der Waals surface area contributed by atoms with Crippen molar-refractivity contribution in [1.29, 1.82) is 0 Å². The van der Waals surface area contributed by atoms with E-state index in [0.717, 1.165) is 21.8 Å². The summed E-state index contributed by atoms with van der Waals surface area (Å²) in [5.74, 6) is -2.28. The van der Waals surface area contributed by atoms with Crippen molar-refractivity contribution in [2.45, 2.75) is 32.2 Å². The van der Waals surface area contributed by atoms with Gasteiger partial charge in [0.15, 0.2) is 12.4 Å². The van der Waals surface area contributed by atoms with E-state index in [1.54, 1.807) is 24.3 Å². The Bertz CT molecular complexity index is 1150. The average Bonchev–Trinajstić information content (AvgIpc) is 3.14. The molecule has 2 aromatic rings. The molecule has 32 heavy (non-hydrogen) atoms. The second-order valence-electron chi connectivity index (χ2n) is 8.51. The van der Waals surface area contributed by atoms with Crippen LogP contribution in [0.5, 0.6) is 0 Å². The van der Waals surface area contributed by atoms with Crippen molar-refractivity contribution < 1.29 is 23.9 Å². The monoisotopic (exact) mass is 432 g/mol. The molecule has 0 saturated heterocycles. The van der Waals surface area contributed by atoms with Crippen molar-refractivity contribution in [3.8, 4) is 0 Å². The molecule has 0 spiro atoms. The summed E-state index contributed by atoms with van der Waals surface area (Å²) in [5.41, 5.74) is 3.06. The quantitative estimate of drug-likeness (QED) is 0.410. The summed E-state index contributed by atoms with van der Waals surface area (Å²) in [4.78, 5) is 53.1. The lowest BCUT2D eigenvalue weighted by Gasteiger charge is -2.24. The maximum atomic E-state index is 12.6. The molecule has 2 aromatic carbocycles. The molecular weight excluding hydrogens is 408 g/mol. The van der Waals surface area contributed by atoms with Gasteiger partial charge in [-0.05, 0) is 30.7 Å². The minimum atomic E-state index is -1.14. The minimum Gasteiger partial charge on any atom is -0.456 e. The third kappa shape index (κ3) is 3.30. The molecule has 0 aliphatic carbocycles. The Morgan fingerprint density at radius 1 is 1.00 bits per heavy atom. The third-order valence-electron chi connectivity index (χ3n) is 6.15. The number of ketones is 1. The van der Waals surface area contributed by atoms with Crippen molar-refractivity contribution in [1.82, 2.24) is 4.90 Å². The lowest BCUT2D eigenvalue weighted by atomic mass is 9.83. The van der Waals surface area contributed by atoms with E-state index in [1.807, 2.05) is 50.1 Å². The number of carbonyl (C=O) groups excluding carboxylic acids is 4. The van der Waals surface area contributed by atoms with E-state index < -0.39 is 30.4 Å². The van der Waals surface area contributed by atoms with Gasteiger partial charge >= 0.3 is 5.97 Å². The van der Waals surface area contributed by atoms with Gasteiger partial charge in [-0.15, -0.1) is 0 Å². The molecule has 0 fully saturated rings. The number of ether oxygens (including phenoxy) is 1. The lowest BCUT2D eigenvalue weighted by Crippen LogP contribution is -2.44. The molecule has 0 N–H and O–H groups in total. The van der Waals surface area contributed by atoms with Crippen LogP contribution in [-0.4, -0.2) is 48.2 Å². The number of likely N-dealkylation sites (N-methyl/N-ethyl adjacent to an activating group) is 1. The van der Waals surface area contributed by atoms with Crippen LogP contribution in [0.15, 0.2) is 60.3 Å². The first kappa shape index (κ1) is 21.5. The Morgan fingerprint density at radius 3 is 2.16 bits per heavy atom. The topological polar surface area (TPSA) is 84.0 Å². The molecule has 7 nitrogen and oxygen atoms in total. The molecule has 7 heteroatoms. The molecular formula is C25H24N2O5. The van der Waals surface area contributed by atoms with E-state index in [-0.39, 0.29) is 22.3 Å². The standard InChI is InChI=1S/C25H24N2O5/c1-15(27-22(29)17-9-5-6-10-18(17)23(27)30)24(31)32-14-16(28)13-21-25(2,3)19-11-7-8-12-20(19)26(21)4/h5-13,15H,14H2,1-4H3. The van der Waals surface area contributed by atoms with E-state index in [9.17, 15) is 19.2 Å². The highest BCUT2D eigenvalue weighted by Gasteiger charge is 2.42. The summed E-state index contributed by atoms with van der Waals surface area (Å²) in [7, 11) is 1.89. The van der Waals surface area contributed by atoms with Crippen LogP contribution in [0.25, 0.3) is 0 Å². The maximum absolute atomic E-state index is 12.6. The number of para-hydroxylation sites is 1. The van der Waals surface area contributed by atoms with Crippen LogP contribution in [0, 0.1) is 0 Å². The van der Waals surface area contributed by atoms with Crippen LogP contribution < -0.4 is 4.90 Å². The number of hydrogen-bond acceptors (Lipinski definition) is 6. The van der Waals surface area contributed by atoms with Crippen LogP contribution in [-0.2, 0) is 19.7 Å². The molecule has 2 amide bonds. The highest BCUT2D eigenvalue weighted by atomic mass is 16.5. The van der Waals surface area contributed by atoms with Crippen LogP contribution >= 0.6 is 0 Å². The fourth-order valence-corrected chi connectivity index (χ4v) is 4.38. The highest BCUT2D eigenvalue weighted by molar-refractivity contribution is 6.22. The van der Waals surface area contributed by atoms with Crippen LogP contribution in [0.2, 0.25) is 0 Å². The number of anilines is 1. The maximum Gasteiger partial charge on any atom is 0.329 e. The molecule has 0 saturated carbocycles. The predicted molar refractivity (Wildman–Crippen MR) is 118 cm³/mol. The van der Waals surface area contributed by atoms with Gasteiger partial charge in [0.05, 0.1) is 11.1 Å². The van der Waals surface area contributed by atoms with E-state index >= 15 is 0 Å². The van der Waals surface area contributed by atoms with Gasteiger partial charge in [-0.3, -0.25) is 19.3 Å². The second-order valence-corrected chi connectivity index (χ2v) is 8.51. The number of rotatable bonds is 5. The number of nitrogens with zero attached hydrogens (tertiary/aromatic N) is 2. The fraction of sp³-hybridized carbons (Fsp3) is 0.280. The molecule has 1 unspecified atom stereocenters. The van der Waals surface area contributed by atoms with Gasteiger partial charge in [-0.2, -0.15) is 0 Å². The summed E-state index contributed by atoms with van der Waals surface area (Å²) in [6.45, 7) is 5.00. The van der Waals surface area contributed by atoms with Crippen LogP contribution in [0.1, 0.15) is 47.1 Å². The number of hydrogen-bond donors (Lipinski definition) is 0. The van der Waals surface area contributed by atoms with Crippen molar-refractivity contribution in [2.75, 3.05) is 18.6 Å². The van der Waals surface area contributed by atoms with E-state index in [1.165, 1.54) is 13.0 Å². The summed E-state index contributed by atoms with van der Waals surface area (Å²) >= 11 is 0. The van der Waals surface area contributed by atoms with Crippen LogP contribution in [0.3, 0.4) is 0 Å². The van der Waals surface area contributed by atoms with Gasteiger partial charge in [0.1, 0.15) is 6.04 Å². The van der Waals surface area contributed by atoms with Gasteiger partial charge in [-0.1, -0.05) is 44.2 Å². The number of imide groups is 1. The molecule has 1 atom stereocenters. The van der Waals surface area contributed by atoms with Crippen LogP contribution in [0.4, 0.5) is 5.69 Å². The van der Waals surface area contributed by atoms with Gasteiger partial charge in [0.2, 0.25) is 0 Å². The zero-order valence-electron chi connectivity index (χ0n) is 18.4. The first-order valence-electron chi connectivity index (χ1n) is 10.4. The first-order valence-corrected chi connectivity index (χ1v) is 10.4. The Balaban J connectivity index is 1.43. The number of esters is 1. The number of benzene rings is 2. The molecule has 0 aromatic heterocycles. The Kier molecular flexibility index (Phi) is 5.20. The number of amides is 2. The lowest BCUT2D eigenvalue weighted by molar-refractivity contribution is -0.150. The Hall–Kier alpha value is -3.74. The summed E-state index contributed by atoms with van der Waals surface area (Å²) in [6.07, 6.45) is 1.49. The number of carbonyl (C=O) groups is 4. The van der Waals surface area contributed by atoms with Crippen molar-refractivity contribution in [3.63, 3.8) is 0 Å². The first-order chi connectivity index (χ1) is 15.1. The summed E-state index contributed by atoms with van der Waals surface area (Å²) < 4.78 is 5.17. The Labute approximate surface area is 186 Å². The molecule has 2 aliphatic rings. The summed E-state index contributed by atoms with van der Waals surface area (Å²) in [5, 5.41) is 0. The van der Waals surface area contributed by atoms with E-state index in [2.05, 4.69) is 0 Å². The van der Waals surface area contributed by atoms with Crippen molar-refractivity contribution in [3.05, 3.63) is 77.0 Å². The smallest absolute Gasteiger partial charge is 0.329 e. The van der Waals surface area contributed by atoms with Crippen molar-refractivity contribution >= 4 is 29.3 Å². The minimum absolute atomic E-state index is 0.254. The van der Waals surface area contributed by atoms with Gasteiger partial charge in [0.25, 0.3) is 11.8 Å². The van der Waals surface area contributed by atoms with Crippen molar-refractivity contribution in [2.24, 2.45) is 0 Å². The SMILES string of the molecule is CC(C(=O)OCC(=O)C=C1N(C)c2ccccc2C1(C)C)N1C(=O)c2ccccc2C1=O. The van der Waals surface area contributed by atoms with E-state index in [0.29, 0.717) is 0 Å². The second kappa shape index (κ2) is 7.75. The summed E-state index contributed by atoms with van der Waals surface area (Å²) in [6, 6.07) is 13.2. The number of allylic oxidation sites excluding steroid dienone is 1. The fourth-order valence-electron chi connectivity index (χ4n) is 4.38. The largest absolute Gasteiger partial charge is 0.456 e. The number of fused-ring (bicyclic) bond motifs is 2. The van der Waals surface area contributed by atoms with Gasteiger partial charge in [-0.25, -0.2) is 4.79 Å².